The van der Waals surface area contributed by atoms with Gasteiger partial charge in [0.1, 0.15) is 0 Å². The molecule has 0 saturated carbocycles. The fourth-order valence-electron chi connectivity index (χ4n) is 2.34. The standard InChI is InChI=1S/C13H21N3/c1-10-3-4-11(2)16(8-10)9-13-6-5-12(14)7-15-13/h5-7,10-11H,3-4,8-9,14H2,1-2H3. The van der Waals surface area contributed by atoms with Crippen molar-refractivity contribution in [2.45, 2.75) is 39.3 Å². The van der Waals surface area contributed by atoms with Crippen LogP contribution in [0, 0.1) is 5.92 Å². The highest BCUT2D eigenvalue weighted by atomic mass is 15.2. The average molecular weight is 219 g/mol. The maximum absolute atomic E-state index is 5.63. The molecule has 1 fully saturated rings. The number of nitrogens with two attached hydrogens (primary N) is 1. The molecule has 0 radical (unpaired) electrons. The predicted molar refractivity (Wildman–Crippen MR) is 66.9 cm³/mol. The Morgan fingerprint density at radius 1 is 1.38 bits per heavy atom. The van der Waals surface area contributed by atoms with Gasteiger partial charge in [0.15, 0.2) is 0 Å². The Kier molecular flexibility index (Phi) is 3.44. The first kappa shape index (κ1) is 11.4. The lowest BCUT2D eigenvalue weighted by molar-refractivity contribution is 0.116. The molecule has 2 unspecified atom stereocenters. The highest BCUT2D eigenvalue weighted by Crippen LogP contribution is 2.22. The molecular weight excluding hydrogens is 198 g/mol. The van der Waals surface area contributed by atoms with Crippen LogP contribution in [-0.4, -0.2) is 22.5 Å². The second kappa shape index (κ2) is 4.83. The lowest BCUT2D eigenvalue weighted by atomic mass is 9.95. The van der Waals surface area contributed by atoms with Gasteiger partial charge < -0.3 is 5.73 Å². The van der Waals surface area contributed by atoms with Crippen molar-refractivity contribution in [1.29, 1.82) is 0 Å². The van der Waals surface area contributed by atoms with Gasteiger partial charge in [-0.3, -0.25) is 9.88 Å². The summed E-state index contributed by atoms with van der Waals surface area (Å²) >= 11 is 0. The molecule has 0 aromatic carbocycles. The molecule has 1 aliphatic rings. The molecule has 3 nitrogen and oxygen atoms in total. The lowest BCUT2D eigenvalue weighted by Gasteiger charge is -2.36. The van der Waals surface area contributed by atoms with Gasteiger partial charge in [0.2, 0.25) is 0 Å². The number of anilines is 1. The second-order valence-electron chi connectivity index (χ2n) is 5.04. The zero-order chi connectivity index (χ0) is 11.5. The first-order chi connectivity index (χ1) is 7.65. The number of rotatable bonds is 2. The van der Waals surface area contributed by atoms with Gasteiger partial charge in [0, 0.05) is 19.1 Å². The Bertz CT molecular complexity index is 334. The zero-order valence-corrected chi connectivity index (χ0v) is 10.2. The molecule has 1 aliphatic heterocycles. The van der Waals surface area contributed by atoms with Gasteiger partial charge in [-0.15, -0.1) is 0 Å². The molecular formula is C13H21N3. The van der Waals surface area contributed by atoms with Crippen molar-refractivity contribution in [3.8, 4) is 0 Å². The van der Waals surface area contributed by atoms with E-state index in [1.165, 1.54) is 19.4 Å². The molecule has 2 N–H and O–H groups in total. The van der Waals surface area contributed by atoms with Gasteiger partial charge in [-0.25, -0.2) is 0 Å². The second-order valence-corrected chi connectivity index (χ2v) is 5.04. The molecule has 3 heteroatoms. The number of hydrogen-bond donors (Lipinski definition) is 1. The molecule has 1 saturated heterocycles. The number of hydrogen-bond acceptors (Lipinski definition) is 3. The van der Waals surface area contributed by atoms with Crippen LogP contribution in [0.4, 0.5) is 5.69 Å². The Hall–Kier alpha value is -1.09. The van der Waals surface area contributed by atoms with Crippen LogP contribution in [-0.2, 0) is 6.54 Å². The van der Waals surface area contributed by atoms with Gasteiger partial charge in [0.25, 0.3) is 0 Å². The quantitative estimate of drug-likeness (QED) is 0.829. The van der Waals surface area contributed by atoms with E-state index in [1.54, 1.807) is 6.20 Å². The Morgan fingerprint density at radius 2 is 2.19 bits per heavy atom. The zero-order valence-electron chi connectivity index (χ0n) is 10.2. The summed E-state index contributed by atoms with van der Waals surface area (Å²) in [6.45, 7) is 6.78. The summed E-state index contributed by atoms with van der Waals surface area (Å²) in [7, 11) is 0. The first-order valence-electron chi connectivity index (χ1n) is 6.09. The van der Waals surface area contributed by atoms with Gasteiger partial charge >= 0.3 is 0 Å². The van der Waals surface area contributed by atoms with E-state index in [-0.39, 0.29) is 0 Å². The number of pyridine rings is 1. The molecule has 1 aromatic rings. The molecule has 1 aromatic heterocycles. The minimum absolute atomic E-state index is 0.676. The first-order valence-corrected chi connectivity index (χ1v) is 6.09. The summed E-state index contributed by atoms with van der Waals surface area (Å²) in [5, 5.41) is 0. The van der Waals surface area contributed by atoms with Gasteiger partial charge in [-0.1, -0.05) is 6.92 Å². The van der Waals surface area contributed by atoms with E-state index in [0.717, 1.165) is 23.8 Å². The molecule has 0 spiro atoms. The number of likely N-dealkylation sites (tertiary alicyclic amines) is 1. The van der Waals surface area contributed by atoms with E-state index < -0.39 is 0 Å². The van der Waals surface area contributed by atoms with Crippen LogP contribution in [0.25, 0.3) is 0 Å². The largest absolute Gasteiger partial charge is 0.397 e. The summed E-state index contributed by atoms with van der Waals surface area (Å²) in [6.07, 6.45) is 4.40. The van der Waals surface area contributed by atoms with E-state index in [2.05, 4.69) is 23.7 Å². The minimum atomic E-state index is 0.676. The van der Waals surface area contributed by atoms with Crippen molar-refractivity contribution in [2.24, 2.45) is 5.92 Å². The molecule has 2 heterocycles. The monoisotopic (exact) mass is 219 g/mol. The molecule has 0 bridgehead atoms. The van der Waals surface area contributed by atoms with E-state index >= 15 is 0 Å². The van der Waals surface area contributed by atoms with Crippen LogP contribution >= 0.6 is 0 Å². The molecule has 0 amide bonds. The molecule has 2 atom stereocenters. The van der Waals surface area contributed by atoms with Crippen molar-refractivity contribution >= 4 is 5.69 Å². The lowest BCUT2D eigenvalue weighted by Crippen LogP contribution is -2.40. The smallest absolute Gasteiger partial charge is 0.0545 e. The Morgan fingerprint density at radius 3 is 2.88 bits per heavy atom. The summed E-state index contributed by atoms with van der Waals surface area (Å²) in [5.74, 6) is 0.810. The molecule has 2 rings (SSSR count). The fourth-order valence-corrected chi connectivity index (χ4v) is 2.34. The third kappa shape index (κ3) is 2.73. The summed E-state index contributed by atoms with van der Waals surface area (Å²) < 4.78 is 0. The molecule has 0 aliphatic carbocycles. The highest BCUT2D eigenvalue weighted by molar-refractivity contribution is 5.34. The summed E-state index contributed by atoms with van der Waals surface area (Å²) in [5.41, 5.74) is 7.49. The molecule has 88 valence electrons. The van der Waals surface area contributed by atoms with Crippen LogP contribution < -0.4 is 5.73 Å². The van der Waals surface area contributed by atoms with Gasteiger partial charge in [-0.05, 0) is 37.8 Å². The Labute approximate surface area is 97.7 Å². The molecule has 16 heavy (non-hydrogen) atoms. The fraction of sp³-hybridized carbons (Fsp3) is 0.615. The number of aromatic nitrogens is 1. The van der Waals surface area contributed by atoms with E-state index in [1.807, 2.05) is 12.1 Å². The Balaban J connectivity index is 2.00. The van der Waals surface area contributed by atoms with Gasteiger partial charge in [-0.2, -0.15) is 0 Å². The van der Waals surface area contributed by atoms with E-state index in [4.69, 9.17) is 5.73 Å². The van der Waals surface area contributed by atoms with E-state index in [0.29, 0.717) is 6.04 Å². The third-order valence-corrected chi connectivity index (χ3v) is 3.46. The van der Waals surface area contributed by atoms with Crippen molar-refractivity contribution < 1.29 is 0 Å². The minimum Gasteiger partial charge on any atom is -0.397 e. The van der Waals surface area contributed by atoms with Gasteiger partial charge in [0.05, 0.1) is 17.6 Å². The summed E-state index contributed by atoms with van der Waals surface area (Å²) in [6, 6.07) is 4.64. The third-order valence-electron chi connectivity index (χ3n) is 3.46. The maximum Gasteiger partial charge on any atom is 0.0545 e. The van der Waals surface area contributed by atoms with Crippen LogP contribution in [0.2, 0.25) is 0 Å². The topological polar surface area (TPSA) is 42.1 Å². The predicted octanol–water partition coefficient (Wildman–Crippen LogP) is 2.28. The van der Waals surface area contributed by atoms with Crippen LogP contribution in [0.15, 0.2) is 18.3 Å². The van der Waals surface area contributed by atoms with Crippen LogP contribution in [0.5, 0.6) is 0 Å². The maximum atomic E-state index is 5.63. The normalized spacial score (nSPS) is 26.9. The van der Waals surface area contributed by atoms with E-state index in [9.17, 15) is 0 Å². The van der Waals surface area contributed by atoms with Crippen LogP contribution in [0.1, 0.15) is 32.4 Å². The van der Waals surface area contributed by atoms with Crippen molar-refractivity contribution in [1.82, 2.24) is 9.88 Å². The van der Waals surface area contributed by atoms with Crippen molar-refractivity contribution in [3.05, 3.63) is 24.0 Å². The number of nitrogens with zero attached hydrogens (tertiary/aromatic N) is 2. The number of piperidine rings is 1. The number of nitrogen functional groups attached to an aromatic ring is 1. The van der Waals surface area contributed by atoms with Crippen LogP contribution in [0.3, 0.4) is 0 Å². The average Bonchev–Trinajstić information content (AvgIpc) is 2.27. The SMILES string of the molecule is CC1CCC(C)N(Cc2ccc(N)cn2)C1. The summed E-state index contributed by atoms with van der Waals surface area (Å²) in [4.78, 5) is 6.89. The highest BCUT2D eigenvalue weighted by Gasteiger charge is 2.22. The van der Waals surface area contributed by atoms with Crippen molar-refractivity contribution in [2.75, 3.05) is 12.3 Å². The van der Waals surface area contributed by atoms with Crippen molar-refractivity contribution in [3.63, 3.8) is 0 Å².